The molecule has 0 atom stereocenters. The molecule has 0 N–H and O–H groups in total. The average Bonchev–Trinajstić information content (AvgIpc) is 3.36. The number of pyridine rings is 1. The monoisotopic (exact) mass is 1070 g/mol. The number of aromatic nitrogens is 3. The maximum atomic E-state index is 11.8. The molecule has 8 nitrogen and oxygen atoms in total. The summed E-state index contributed by atoms with van der Waals surface area (Å²) >= 11 is 0. The average molecular weight is 1070 g/mol. The zero-order valence-electron chi connectivity index (χ0n) is 44.8. The Kier molecular flexibility index (Phi) is 12.3. The van der Waals surface area contributed by atoms with Gasteiger partial charge in [0.05, 0.1) is 86.8 Å². The molecule has 0 fully saturated rings. The van der Waals surface area contributed by atoms with Gasteiger partial charge in [-0.1, -0.05) is 146 Å². The smallest absolute Gasteiger partial charge is 0.187 e. The molecule has 8 heteroatoms. The number of hydrogen-bond acceptors (Lipinski definition) is 4. The van der Waals surface area contributed by atoms with E-state index in [4.69, 9.17) is 18.1 Å². The predicted molar refractivity (Wildman–Crippen MR) is 338 cm³/mol. The number of nitriles is 3. The van der Waals surface area contributed by atoms with E-state index in [1.165, 1.54) is 0 Å². The summed E-state index contributed by atoms with van der Waals surface area (Å²) in [6.45, 7) is 15.6. The summed E-state index contributed by atoms with van der Waals surface area (Å²) in [7, 11) is 0. The van der Waals surface area contributed by atoms with Gasteiger partial charge in [-0.15, -0.1) is 0 Å². The highest BCUT2D eigenvalue weighted by Gasteiger charge is 2.25. The minimum Gasteiger partial charge on any atom is -0.309 e. The first-order valence-corrected chi connectivity index (χ1v) is 27.2. The fourth-order valence-corrected chi connectivity index (χ4v) is 11.8. The lowest BCUT2D eigenvalue weighted by atomic mass is 9.96. The van der Waals surface area contributed by atoms with Crippen LogP contribution < -0.4 is 0 Å². The SMILES string of the molecule is [C-]#[N+]c1cccc(-c2ccc3c(c2)c2cc(-c4cccc(C#N)c4)ccc2n3-c2cc(-c3cc(-c4ccccc4)nc(-c4ccccc4)c3)c(-n3c4ccc(-c5cccc(C#N)c5)cc4c4cc(-c5cccc([N+]#[C-])c5)ccc43)cc2C#N)c1. The van der Waals surface area contributed by atoms with E-state index in [0.717, 1.165) is 127 Å². The van der Waals surface area contributed by atoms with E-state index in [1.54, 1.807) is 6.07 Å². The predicted octanol–water partition coefficient (Wildman–Crippen LogP) is 19.7. The highest BCUT2D eigenvalue weighted by molar-refractivity contribution is 6.14. The summed E-state index contributed by atoms with van der Waals surface area (Å²) in [4.78, 5) is 12.8. The van der Waals surface area contributed by atoms with Crippen molar-refractivity contribution in [1.29, 1.82) is 15.8 Å². The van der Waals surface area contributed by atoms with Crippen molar-refractivity contribution in [3.63, 3.8) is 0 Å². The minimum absolute atomic E-state index is 0.431. The molecule has 0 radical (unpaired) electrons. The third-order valence-electron chi connectivity index (χ3n) is 15.8. The van der Waals surface area contributed by atoms with Crippen molar-refractivity contribution >= 4 is 55.0 Å². The summed E-state index contributed by atoms with van der Waals surface area (Å²) in [5.74, 6) is 0. The Bertz CT molecular complexity index is 4980. The summed E-state index contributed by atoms with van der Waals surface area (Å²) in [5.41, 5.74) is 20.2. The molecule has 0 bridgehead atoms. The Balaban J connectivity index is 1.09. The van der Waals surface area contributed by atoms with Crippen molar-refractivity contribution < 1.29 is 0 Å². The van der Waals surface area contributed by atoms with Crippen LogP contribution in [0.2, 0.25) is 0 Å². The molecule has 0 aliphatic carbocycles. The molecule has 14 rings (SSSR count). The van der Waals surface area contributed by atoms with E-state index >= 15 is 0 Å². The Morgan fingerprint density at radius 2 is 0.679 bits per heavy atom. The fourth-order valence-electron chi connectivity index (χ4n) is 11.8. The van der Waals surface area contributed by atoms with Crippen LogP contribution in [0, 0.1) is 47.1 Å². The maximum Gasteiger partial charge on any atom is 0.187 e. The van der Waals surface area contributed by atoms with Gasteiger partial charge in [-0.05, 0) is 159 Å². The molecule has 0 aliphatic rings. The van der Waals surface area contributed by atoms with Gasteiger partial charge in [0.2, 0.25) is 0 Å². The number of rotatable bonds is 9. The van der Waals surface area contributed by atoms with Gasteiger partial charge in [-0.3, -0.25) is 0 Å². The Labute approximate surface area is 484 Å². The molecule has 3 heterocycles. The summed E-state index contributed by atoms with van der Waals surface area (Å²) < 4.78 is 4.46. The van der Waals surface area contributed by atoms with Crippen LogP contribution in [-0.4, -0.2) is 14.1 Å². The van der Waals surface area contributed by atoms with E-state index in [9.17, 15) is 15.8 Å². The lowest BCUT2D eigenvalue weighted by Crippen LogP contribution is -2.04. The second-order valence-corrected chi connectivity index (χ2v) is 20.7. The van der Waals surface area contributed by atoms with Crippen LogP contribution in [0.4, 0.5) is 11.4 Å². The fraction of sp³-hybridized carbons (Fsp3) is 0. The molecular formula is C76H42N8. The summed E-state index contributed by atoms with van der Waals surface area (Å²) in [6, 6.07) is 92.3. The van der Waals surface area contributed by atoms with Gasteiger partial charge in [0.1, 0.15) is 6.07 Å². The minimum atomic E-state index is 0.431. The first-order valence-electron chi connectivity index (χ1n) is 27.2. The number of nitrogens with zero attached hydrogens (tertiary/aromatic N) is 8. The Morgan fingerprint density at radius 3 is 1.07 bits per heavy atom. The third-order valence-corrected chi connectivity index (χ3v) is 15.8. The van der Waals surface area contributed by atoms with Crippen molar-refractivity contribution in [2.45, 2.75) is 0 Å². The lowest BCUT2D eigenvalue weighted by Gasteiger charge is -2.20. The molecule has 14 aromatic rings. The highest BCUT2D eigenvalue weighted by atomic mass is 15.0. The van der Waals surface area contributed by atoms with Gasteiger partial charge >= 0.3 is 0 Å². The molecule has 0 unspecified atom stereocenters. The molecule has 0 saturated carbocycles. The van der Waals surface area contributed by atoms with Gasteiger partial charge in [-0.25, -0.2) is 14.7 Å². The second kappa shape index (κ2) is 20.7. The van der Waals surface area contributed by atoms with Crippen LogP contribution >= 0.6 is 0 Å². The topological polar surface area (TPSA) is 103 Å². The molecule has 84 heavy (non-hydrogen) atoms. The van der Waals surface area contributed by atoms with Gasteiger partial charge in [-0.2, -0.15) is 15.8 Å². The molecule has 0 spiro atoms. The van der Waals surface area contributed by atoms with Crippen LogP contribution in [0.15, 0.2) is 255 Å². The highest BCUT2D eigenvalue weighted by Crippen LogP contribution is 2.45. The van der Waals surface area contributed by atoms with Crippen molar-refractivity contribution in [1.82, 2.24) is 14.1 Å². The van der Waals surface area contributed by atoms with Crippen molar-refractivity contribution in [3.05, 3.63) is 294 Å². The van der Waals surface area contributed by atoms with E-state index < -0.39 is 0 Å². The quantitative estimate of drug-likeness (QED) is 0.134. The molecule has 386 valence electrons. The summed E-state index contributed by atoms with van der Waals surface area (Å²) in [6.07, 6.45) is 0. The van der Waals surface area contributed by atoms with Gasteiger partial charge in [0.15, 0.2) is 11.4 Å². The largest absolute Gasteiger partial charge is 0.309 e. The summed E-state index contributed by atoms with van der Waals surface area (Å²) in [5, 5.41) is 35.5. The normalized spacial score (nSPS) is 11.0. The zero-order chi connectivity index (χ0) is 56.8. The van der Waals surface area contributed by atoms with Crippen LogP contribution in [0.1, 0.15) is 16.7 Å². The van der Waals surface area contributed by atoms with Crippen LogP contribution in [0.5, 0.6) is 0 Å². The lowest BCUT2D eigenvalue weighted by molar-refractivity contribution is 1.13. The van der Waals surface area contributed by atoms with Crippen molar-refractivity contribution in [2.24, 2.45) is 0 Å². The van der Waals surface area contributed by atoms with Crippen LogP contribution in [0.25, 0.3) is 143 Å². The first-order chi connectivity index (χ1) is 41.4. The molecule has 3 aromatic heterocycles. The van der Waals surface area contributed by atoms with Crippen LogP contribution in [0.3, 0.4) is 0 Å². The van der Waals surface area contributed by atoms with E-state index in [-0.39, 0.29) is 0 Å². The zero-order valence-corrected chi connectivity index (χ0v) is 44.8. The first kappa shape index (κ1) is 49.9. The third kappa shape index (κ3) is 8.74. The Morgan fingerprint density at radius 1 is 0.310 bits per heavy atom. The molecule has 0 saturated heterocycles. The second-order valence-electron chi connectivity index (χ2n) is 20.7. The van der Waals surface area contributed by atoms with Gasteiger partial charge in [0.25, 0.3) is 0 Å². The maximum absolute atomic E-state index is 11.8. The van der Waals surface area contributed by atoms with Gasteiger partial charge < -0.3 is 9.13 Å². The molecule has 11 aromatic carbocycles. The van der Waals surface area contributed by atoms with Crippen LogP contribution in [-0.2, 0) is 0 Å². The van der Waals surface area contributed by atoms with Crippen molar-refractivity contribution in [3.8, 4) is 108 Å². The molecule has 0 amide bonds. The molecule has 0 aliphatic heterocycles. The van der Waals surface area contributed by atoms with E-state index in [0.29, 0.717) is 33.8 Å². The number of hydrogen-bond donors (Lipinski definition) is 0. The van der Waals surface area contributed by atoms with Crippen molar-refractivity contribution in [2.75, 3.05) is 0 Å². The van der Waals surface area contributed by atoms with E-state index in [2.05, 4.69) is 152 Å². The molecular weight excluding hydrogens is 1020 g/mol. The number of fused-ring (bicyclic) bond motifs is 6. The van der Waals surface area contributed by atoms with E-state index in [1.807, 2.05) is 133 Å². The number of benzene rings is 11. The van der Waals surface area contributed by atoms with Gasteiger partial charge in [0, 0.05) is 38.2 Å². The standard InChI is InChI=1S/C76H42N8/c1-80-62-23-11-21-54(35-62)58-27-30-72-66(39-58)65-37-56(52-19-9-13-48(33-52)45-77)25-29-71(65)83(72)75-44-64(60-41-69(50-15-5-3-6-16-50)82-70(42-60)51-17-7-4-8-18-51)76(43-61(75)47-79)84-73-31-26-57(53-20-10-14-49(34-53)46-78)38-67(73)68-40-59(28-32-74(68)84)55-22-12-24-63(36-55)81-2/h3-44H. The Hall–Kier alpha value is -12.4.